The summed E-state index contributed by atoms with van der Waals surface area (Å²) in [6.45, 7) is 7.84. The van der Waals surface area contributed by atoms with Crippen molar-refractivity contribution in [3.8, 4) is 0 Å². The zero-order chi connectivity index (χ0) is 14.6. The van der Waals surface area contributed by atoms with Crippen molar-refractivity contribution in [3.05, 3.63) is 30.3 Å². The zero-order valence-corrected chi connectivity index (χ0v) is 13.3. The van der Waals surface area contributed by atoms with Crippen molar-refractivity contribution in [1.82, 2.24) is 10.6 Å². The number of nitrogens with one attached hydrogen (secondary N) is 3. The van der Waals surface area contributed by atoms with Gasteiger partial charge in [-0.3, -0.25) is 0 Å². The van der Waals surface area contributed by atoms with Gasteiger partial charge in [0, 0.05) is 18.3 Å². The van der Waals surface area contributed by atoms with Gasteiger partial charge in [0.05, 0.1) is 0 Å². The summed E-state index contributed by atoms with van der Waals surface area (Å²) in [5, 5.41) is 10.3. The Morgan fingerprint density at radius 2 is 1.75 bits per heavy atom. The van der Waals surface area contributed by atoms with Crippen LogP contribution in [-0.4, -0.2) is 32.7 Å². The van der Waals surface area contributed by atoms with Gasteiger partial charge in [0.2, 0.25) is 0 Å². The van der Waals surface area contributed by atoms with Gasteiger partial charge < -0.3 is 16.0 Å². The van der Waals surface area contributed by atoms with Gasteiger partial charge in [0.25, 0.3) is 0 Å². The summed E-state index contributed by atoms with van der Waals surface area (Å²) in [6, 6.07) is 11.0. The third kappa shape index (κ3) is 8.18. The van der Waals surface area contributed by atoms with Crippen LogP contribution in [0.1, 0.15) is 33.1 Å². The molecule has 1 aromatic rings. The molecule has 0 fully saturated rings. The van der Waals surface area contributed by atoms with E-state index in [1.807, 2.05) is 13.1 Å². The van der Waals surface area contributed by atoms with Crippen molar-refractivity contribution >= 4 is 5.69 Å². The van der Waals surface area contributed by atoms with Crippen LogP contribution in [0.25, 0.3) is 0 Å². The highest BCUT2D eigenvalue weighted by Gasteiger charge is 2.02. The number of rotatable bonds is 11. The van der Waals surface area contributed by atoms with Crippen molar-refractivity contribution in [2.75, 3.05) is 32.0 Å². The second-order valence-electron chi connectivity index (χ2n) is 5.72. The average molecular weight is 277 g/mol. The van der Waals surface area contributed by atoms with E-state index in [4.69, 9.17) is 0 Å². The number of hydrogen-bond acceptors (Lipinski definition) is 3. The molecule has 0 saturated heterocycles. The first kappa shape index (κ1) is 17.0. The van der Waals surface area contributed by atoms with E-state index in [1.54, 1.807) is 0 Å². The van der Waals surface area contributed by atoms with Crippen molar-refractivity contribution in [2.24, 2.45) is 5.92 Å². The molecule has 0 aliphatic rings. The lowest BCUT2D eigenvalue weighted by atomic mass is 10.1. The minimum absolute atomic E-state index is 0.629. The summed E-state index contributed by atoms with van der Waals surface area (Å²) in [4.78, 5) is 0. The molecule has 0 aliphatic heterocycles. The van der Waals surface area contributed by atoms with E-state index in [0.29, 0.717) is 12.0 Å². The predicted molar refractivity (Wildman–Crippen MR) is 89.3 cm³/mol. The molecule has 0 amide bonds. The van der Waals surface area contributed by atoms with Crippen molar-refractivity contribution in [2.45, 2.75) is 39.2 Å². The maximum Gasteiger partial charge on any atom is 0.0340 e. The van der Waals surface area contributed by atoms with E-state index in [-0.39, 0.29) is 0 Å². The lowest BCUT2D eigenvalue weighted by Crippen LogP contribution is -2.26. The molecule has 3 heteroatoms. The summed E-state index contributed by atoms with van der Waals surface area (Å²) in [6.07, 6.45) is 3.69. The van der Waals surface area contributed by atoms with Gasteiger partial charge in [0.15, 0.2) is 0 Å². The summed E-state index contributed by atoms with van der Waals surface area (Å²) >= 11 is 0. The number of anilines is 1. The Hall–Kier alpha value is -1.06. The Morgan fingerprint density at radius 3 is 2.45 bits per heavy atom. The van der Waals surface area contributed by atoms with E-state index in [0.717, 1.165) is 19.6 Å². The molecule has 20 heavy (non-hydrogen) atoms. The fourth-order valence-corrected chi connectivity index (χ4v) is 2.15. The summed E-state index contributed by atoms with van der Waals surface area (Å²) in [7, 11) is 2.03. The number of benzene rings is 1. The topological polar surface area (TPSA) is 36.1 Å². The lowest BCUT2D eigenvalue weighted by molar-refractivity contribution is 0.468. The second kappa shape index (κ2) is 10.7. The molecular weight excluding hydrogens is 246 g/mol. The summed E-state index contributed by atoms with van der Waals surface area (Å²) in [5.74, 6) is 0.716. The van der Waals surface area contributed by atoms with E-state index >= 15 is 0 Å². The second-order valence-corrected chi connectivity index (χ2v) is 5.72. The average Bonchev–Trinajstić information content (AvgIpc) is 2.47. The van der Waals surface area contributed by atoms with E-state index < -0.39 is 0 Å². The third-order valence-corrected chi connectivity index (χ3v) is 3.72. The van der Waals surface area contributed by atoms with Crippen LogP contribution in [-0.2, 0) is 0 Å². The molecule has 0 saturated carbocycles. The smallest absolute Gasteiger partial charge is 0.0340 e. The van der Waals surface area contributed by atoms with Crippen LogP contribution in [0.5, 0.6) is 0 Å². The van der Waals surface area contributed by atoms with Crippen LogP contribution in [0.15, 0.2) is 30.3 Å². The maximum atomic E-state index is 3.56. The van der Waals surface area contributed by atoms with Gasteiger partial charge in [-0.05, 0) is 64.4 Å². The molecule has 0 aromatic heterocycles. The minimum atomic E-state index is 0.629. The predicted octanol–water partition coefficient (Wildman–Crippen LogP) is 3.10. The molecule has 114 valence electrons. The minimum Gasteiger partial charge on any atom is -0.385 e. The first-order valence-electron chi connectivity index (χ1n) is 7.89. The van der Waals surface area contributed by atoms with Gasteiger partial charge in [0.1, 0.15) is 0 Å². The monoisotopic (exact) mass is 277 g/mol. The van der Waals surface area contributed by atoms with Gasteiger partial charge in [-0.25, -0.2) is 0 Å². The molecule has 1 rings (SSSR count). The Balaban J connectivity index is 1.96. The van der Waals surface area contributed by atoms with Crippen LogP contribution in [0.3, 0.4) is 0 Å². The van der Waals surface area contributed by atoms with Crippen LogP contribution < -0.4 is 16.0 Å². The molecule has 3 nitrogen and oxygen atoms in total. The molecule has 0 bridgehead atoms. The van der Waals surface area contributed by atoms with Gasteiger partial charge in [-0.2, -0.15) is 0 Å². The highest BCUT2D eigenvalue weighted by atomic mass is 14.9. The Kier molecular flexibility index (Phi) is 9.09. The fraction of sp³-hybridized carbons (Fsp3) is 0.647. The normalized spacial score (nSPS) is 13.9. The van der Waals surface area contributed by atoms with Gasteiger partial charge in [-0.15, -0.1) is 0 Å². The first-order valence-corrected chi connectivity index (χ1v) is 7.89. The Morgan fingerprint density at radius 1 is 1.00 bits per heavy atom. The largest absolute Gasteiger partial charge is 0.385 e. The van der Waals surface area contributed by atoms with Gasteiger partial charge >= 0.3 is 0 Å². The van der Waals surface area contributed by atoms with Gasteiger partial charge in [-0.1, -0.05) is 25.1 Å². The third-order valence-electron chi connectivity index (χ3n) is 3.72. The van der Waals surface area contributed by atoms with E-state index in [1.165, 1.54) is 24.9 Å². The molecule has 0 heterocycles. The van der Waals surface area contributed by atoms with Crippen LogP contribution >= 0.6 is 0 Å². The quantitative estimate of drug-likeness (QED) is 0.544. The highest BCUT2D eigenvalue weighted by molar-refractivity contribution is 5.42. The van der Waals surface area contributed by atoms with E-state index in [2.05, 4.69) is 54.1 Å². The molecular formula is C17H31N3. The van der Waals surface area contributed by atoms with E-state index in [9.17, 15) is 0 Å². The highest BCUT2D eigenvalue weighted by Crippen LogP contribution is 2.07. The standard InChI is InChI=1S/C17H31N3/c1-15(14-19-12-7-8-16(2)18-3)11-13-20-17-9-5-4-6-10-17/h4-6,9-10,15-16,18-20H,7-8,11-14H2,1-3H3. The molecule has 0 radical (unpaired) electrons. The Bertz CT molecular complexity index is 326. The Labute approximate surface area is 124 Å². The van der Waals surface area contributed by atoms with Crippen molar-refractivity contribution in [3.63, 3.8) is 0 Å². The van der Waals surface area contributed by atoms with Crippen molar-refractivity contribution in [1.29, 1.82) is 0 Å². The first-order chi connectivity index (χ1) is 9.72. The molecule has 1 aromatic carbocycles. The van der Waals surface area contributed by atoms with Crippen LogP contribution in [0.2, 0.25) is 0 Å². The molecule has 2 unspecified atom stereocenters. The zero-order valence-electron chi connectivity index (χ0n) is 13.3. The molecule has 3 N–H and O–H groups in total. The molecule has 0 spiro atoms. The molecule has 2 atom stereocenters. The summed E-state index contributed by atoms with van der Waals surface area (Å²) in [5.41, 5.74) is 1.22. The SMILES string of the molecule is CNC(C)CCCNCC(C)CCNc1ccccc1. The fourth-order valence-electron chi connectivity index (χ4n) is 2.15. The number of para-hydroxylation sites is 1. The van der Waals surface area contributed by atoms with Crippen molar-refractivity contribution < 1.29 is 0 Å². The molecule has 0 aliphatic carbocycles. The summed E-state index contributed by atoms with van der Waals surface area (Å²) < 4.78 is 0. The maximum absolute atomic E-state index is 3.56. The number of hydrogen-bond donors (Lipinski definition) is 3. The van der Waals surface area contributed by atoms with Crippen LogP contribution in [0, 0.1) is 5.92 Å². The van der Waals surface area contributed by atoms with Crippen LogP contribution in [0.4, 0.5) is 5.69 Å². The lowest BCUT2D eigenvalue weighted by Gasteiger charge is -2.14.